The van der Waals surface area contributed by atoms with Crippen LogP contribution >= 0.6 is 34.5 Å². The molecule has 0 saturated heterocycles. The minimum atomic E-state index is -1.49. The Kier molecular flexibility index (Phi) is 8.83. The highest BCUT2D eigenvalue weighted by atomic mass is 35.5. The van der Waals surface area contributed by atoms with E-state index in [2.05, 4.69) is 16.0 Å². The molecule has 4 rings (SSSR count). The number of hydrogen-bond donors (Lipinski definition) is 4. The molecule has 1 fully saturated rings. The molecule has 0 unspecified atom stereocenters. The van der Waals surface area contributed by atoms with Crippen LogP contribution in [0.3, 0.4) is 0 Å². The van der Waals surface area contributed by atoms with E-state index in [0.717, 1.165) is 30.6 Å². The number of nitrogens with one attached hydrogen (secondary N) is 3. The summed E-state index contributed by atoms with van der Waals surface area (Å²) < 4.78 is 13.8. The van der Waals surface area contributed by atoms with Gasteiger partial charge in [0.05, 0.1) is 21.3 Å². The van der Waals surface area contributed by atoms with Gasteiger partial charge in [0.25, 0.3) is 5.91 Å². The highest BCUT2D eigenvalue weighted by Crippen LogP contribution is 2.39. The van der Waals surface area contributed by atoms with E-state index in [1.165, 1.54) is 19.1 Å². The first-order valence-electron chi connectivity index (χ1n) is 12.5. The number of halogens is 3. The molecule has 4 N–H and O–H groups in total. The zero-order valence-electron chi connectivity index (χ0n) is 21.4. The van der Waals surface area contributed by atoms with E-state index < -0.39 is 29.3 Å². The second-order valence-electron chi connectivity index (χ2n) is 9.79. The molecule has 3 amide bonds. The molecule has 2 aromatic carbocycles. The molecule has 1 aliphatic rings. The Morgan fingerprint density at radius 3 is 2.31 bits per heavy atom. The van der Waals surface area contributed by atoms with Crippen LogP contribution in [0.4, 0.5) is 19.9 Å². The lowest BCUT2D eigenvalue weighted by atomic mass is 9.75. The molecule has 39 heavy (non-hydrogen) atoms. The summed E-state index contributed by atoms with van der Waals surface area (Å²) in [6.07, 6.45) is 4.21. The van der Waals surface area contributed by atoms with Gasteiger partial charge in [-0.1, -0.05) is 54.6 Å². The van der Waals surface area contributed by atoms with Crippen molar-refractivity contribution in [2.24, 2.45) is 5.92 Å². The number of thiophene rings is 1. The first-order chi connectivity index (χ1) is 18.5. The van der Waals surface area contributed by atoms with Gasteiger partial charge < -0.3 is 15.7 Å². The predicted octanol–water partition coefficient (Wildman–Crippen LogP) is 7.97. The van der Waals surface area contributed by atoms with Crippen LogP contribution < -0.4 is 16.0 Å². The first-order valence-corrected chi connectivity index (χ1v) is 14.0. The highest BCUT2D eigenvalue weighted by molar-refractivity contribution is 7.20. The van der Waals surface area contributed by atoms with E-state index in [-0.39, 0.29) is 32.2 Å². The van der Waals surface area contributed by atoms with Crippen molar-refractivity contribution in [3.63, 3.8) is 0 Å². The molecule has 1 aromatic heterocycles. The second-order valence-corrected chi connectivity index (χ2v) is 11.7. The normalized spacial score (nSPS) is 15.3. The van der Waals surface area contributed by atoms with Gasteiger partial charge in [0.2, 0.25) is 0 Å². The summed E-state index contributed by atoms with van der Waals surface area (Å²) in [5, 5.41) is 18.8. The number of carboxylic acids is 1. The number of para-hydroxylation sites is 1. The van der Waals surface area contributed by atoms with Crippen LogP contribution in [-0.2, 0) is 4.79 Å². The number of urea groups is 1. The van der Waals surface area contributed by atoms with E-state index in [4.69, 9.17) is 23.2 Å². The maximum absolute atomic E-state index is 13.8. The van der Waals surface area contributed by atoms with Gasteiger partial charge in [0.1, 0.15) is 16.4 Å². The molecular formula is C28H28Cl2FN3O4S. The van der Waals surface area contributed by atoms with Crippen molar-refractivity contribution in [2.45, 2.75) is 51.5 Å². The summed E-state index contributed by atoms with van der Waals surface area (Å²) in [5.41, 5.74) is 0.107. The molecule has 1 atom stereocenters. The summed E-state index contributed by atoms with van der Waals surface area (Å²) in [7, 11) is 0. The van der Waals surface area contributed by atoms with Gasteiger partial charge >= 0.3 is 12.0 Å². The molecule has 0 bridgehead atoms. The van der Waals surface area contributed by atoms with Crippen LogP contribution in [0.15, 0.2) is 42.5 Å². The number of carbonyl (C=O) groups excluding carboxylic acids is 2. The third kappa shape index (κ3) is 6.37. The van der Waals surface area contributed by atoms with Crippen LogP contribution in [0, 0.1) is 18.7 Å². The Morgan fingerprint density at radius 2 is 1.69 bits per heavy atom. The fraction of sp³-hybridized carbons (Fsp3) is 0.321. The predicted molar refractivity (Wildman–Crippen MR) is 154 cm³/mol. The lowest BCUT2D eigenvalue weighted by Crippen LogP contribution is -2.57. The molecule has 1 saturated carbocycles. The van der Waals surface area contributed by atoms with Crippen LogP contribution in [0.2, 0.25) is 10.0 Å². The van der Waals surface area contributed by atoms with Crippen molar-refractivity contribution in [1.82, 2.24) is 5.32 Å². The molecule has 3 aromatic rings. The monoisotopic (exact) mass is 591 g/mol. The van der Waals surface area contributed by atoms with Gasteiger partial charge in [0.15, 0.2) is 0 Å². The number of rotatable bonds is 7. The number of aryl methyl sites for hydroxylation is 1. The van der Waals surface area contributed by atoms with E-state index >= 15 is 0 Å². The van der Waals surface area contributed by atoms with E-state index in [1.54, 1.807) is 37.3 Å². The van der Waals surface area contributed by atoms with Gasteiger partial charge in [-0.25, -0.2) is 14.0 Å². The van der Waals surface area contributed by atoms with E-state index in [9.17, 15) is 23.9 Å². The molecule has 206 valence electrons. The van der Waals surface area contributed by atoms with Crippen molar-refractivity contribution < 1.29 is 23.9 Å². The SMILES string of the molecule is Cc1cc(F)ccc1-c1cc(C(=O)N[C@](C)(C(=O)O)C2CCCCC2)c(NC(=O)Nc2c(Cl)cccc2Cl)s1. The maximum Gasteiger partial charge on any atom is 0.329 e. The largest absolute Gasteiger partial charge is 0.480 e. The molecule has 0 aliphatic heterocycles. The Morgan fingerprint density at radius 1 is 1.03 bits per heavy atom. The lowest BCUT2D eigenvalue weighted by molar-refractivity contribution is -0.146. The average Bonchev–Trinajstić information content (AvgIpc) is 3.30. The summed E-state index contributed by atoms with van der Waals surface area (Å²) in [6, 6.07) is 9.93. The van der Waals surface area contributed by atoms with Crippen LogP contribution in [0.5, 0.6) is 0 Å². The van der Waals surface area contributed by atoms with Crippen LogP contribution in [0.25, 0.3) is 10.4 Å². The molecule has 1 aliphatic carbocycles. The lowest BCUT2D eigenvalue weighted by Gasteiger charge is -2.37. The molecule has 0 spiro atoms. The smallest absolute Gasteiger partial charge is 0.329 e. The van der Waals surface area contributed by atoms with Crippen molar-refractivity contribution in [2.75, 3.05) is 10.6 Å². The summed E-state index contributed by atoms with van der Waals surface area (Å²) in [5.74, 6) is -2.39. The topological polar surface area (TPSA) is 108 Å². The highest BCUT2D eigenvalue weighted by Gasteiger charge is 2.43. The number of carboxylic acid groups (broad SMARTS) is 1. The van der Waals surface area contributed by atoms with E-state index in [0.29, 0.717) is 28.8 Å². The average molecular weight is 593 g/mol. The third-order valence-electron chi connectivity index (χ3n) is 7.10. The number of aliphatic carboxylic acids is 1. The second kappa shape index (κ2) is 11.9. The Hall–Kier alpha value is -3.14. The Balaban J connectivity index is 1.68. The molecule has 1 heterocycles. The minimum Gasteiger partial charge on any atom is -0.480 e. The molecule has 11 heteroatoms. The van der Waals surface area contributed by atoms with E-state index in [1.807, 2.05) is 0 Å². The van der Waals surface area contributed by atoms with Gasteiger partial charge in [0, 0.05) is 4.88 Å². The molecule has 7 nitrogen and oxygen atoms in total. The zero-order chi connectivity index (χ0) is 28.3. The maximum atomic E-state index is 13.8. The Bertz CT molecular complexity index is 1400. The van der Waals surface area contributed by atoms with Crippen molar-refractivity contribution in [3.8, 4) is 10.4 Å². The summed E-state index contributed by atoms with van der Waals surface area (Å²) >= 11 is 13.5. The quantitative estimate of drug-likeness (QED) is 0.223. The van der Waals surface area contributed by atoms with Crippen molar-refractivity contribution >= 4 is 63.1 Å². The van der Waals surface area contributed by atoms with Crippen molar-refractivity contribution in [3.05, 3.63) is 69.5 Å². The van der Waals surface area contributed by atoms with Gasteiger partial charge in [-0.05, 0) is 74.1 Å². The fourth-order valence-electron chi connectivity index (χ4n) is 4.87. The molecular weight excluding hydrogens is 564 g/mol. The number of anilines is 2. The van der Waals surface area contributed by atoms with Gasteiger partial charge in [-0.15, -0.1) is 11.3 Å². The standard InChI is InChI=1S/C28H28Cl2FN3O4S/c1-15-13-17(31)11-12-18(15)22-14-19(24(35)34-28(2,26(36)37)16-7-4-3-5-8-16)25(39-22)33-27(38)32-23-20(29)9-6-10-21(23)30/h6,9-14,16H,3-5,7-8H2,1-2H3,(H,34,35)(H,36,37)(H2,32,33,38)/t28-/m0/s1. The number of carbonyl (C=O) groups is 3. The van der Waals surface area contributed by atoms with Crippen LogP contribution in [-0.4, -0.2) is 28.6 Å². The third-order valence-corrected chi connectivity index (χ3v) is 8.81. The molecule has 0 radical (unpaired) electrons. The minimum absolute atomic E-state index is 0.0856. The van der Waals surface area contributed by atoms with Gasteiger partial charge in [-0.2, -0.15) is 0 Å². The first kappa shape index (κ1) is 28.9. The number of hydrogen-bond acceptors (Lipinski definition) is 4. The Labute approximate surface area is 239 Å². The number of amides is 3. The van der Waals surface area contributed by atoms with Crippen molar-refractivity contribution in [1.29, 1.82) is 0 Å². The zero-order valence-corrected chi connectivity index (χ0v) is 23.7. The van der Waals surface area contributed by atoms with Crippen LogP contribution in [0.1, 0.15) is 54.9 Å². The number of benzene rings is 2. The fourth-order valence-corrected chi connectivity index (χ4v) is 6.50. The summed E-state index contributed by atoms with van der Waals surface area (Å²) in [4.78, 5) is 39.5. The van der Waals surface area contributed by atoms with Gasteiger partial charge in [-0.3, -0.25) is 10.1 Å². The summed E-state index contributed by atoms with van der Waals surface area (Å²) in [6.45, 7) is 3.27.